The fourth-order valence-electron chi connectivity index (χ4n) is 3.24. The van der Waals surface area contributed by atoms with Gasteiger partial charge in [0.05, 0.1) is 19.4 Å². The SMILES string of the molecule is COCCNS(=O)(=O)c1cc(C(=O)Nc2nc(-c3cc(C)c(C)cc3C)cs2)ccc1OC. The van der Waals surface area contributed by atoms with Crippen molar-refractivity contribution in [2.45, 2.75) is 25.7 Å². The van der Waals surface area contributed by atoms with Gasteiger partial charge in [0.2, 0.25) is 10.0 Å². The molecule has 1 heterocycles. The van der Waals surface area contributed by atoms with Crippen LogP contribution in [0.25, 0.3) is 11.3 Å². The van der Waals surface area contributed by atoms with Gasteiger partial charge in [-0.1, -0.05) is 6.07 Å². The van der Waals surface area contributed by atoms with Gasteiger partial charge >= 0.3 is 0 Å². The van der Waals surface area contributed by atoms with Crippen molar-refractivity contribution in [3.63, 3.8) is 0 Å². The van der Waals surface area contributed by atoms with Gasteiger partial charge in [0, 0.05) is 30.2 Å². The van der Waals surface area contributed by atoms with Crippen molar-refractivity contribution < 1.29 is 22.7 Å². The van der Waals surface area contributed by atoms with Crippen LogP contribution >= 0.6 is 11.3 Å². The number of thiazole rings is 1. The van der Waals surface area contributed by atoms with Gasteiger partial charge in [0.15, 0.2) is 5.13 Å². The monoisotopic (exact) mass is 489 g/mol. The van der Waals surface area contributed by atoms with Crippen molar-refractivity contribution in [3.8, 4) is 17.0 Å². The van der Waals surface area contributed by atoms with Crippen LogP contribution in [0.5, 0.6) is 5.75 Å². The van der Waals surface area contributed by atoms with E-state index in [2.05, 4.69) is 34.1 Å². The lowest BCUT2D eigenvalue weighted by molar-refractivity contribution is 0.102. The molecule has 0 saturated carbocycles. The van der Waals surface area contributed by atoms with Crippen molar-refractivity contribution >= 4 is 32.4 Å². The Morgan fingerprint density at radius 3 is 2.48 bits per heavy atom. The number of nitrogens with one attached hydrogen (secondary N) is 2. The molecule has 3 aromatic rings. The minimum Gasteiger partial charge on any atom is -0.495 e. The van der Waals surface area contributed by atoms with E-state index < -0.39 is 15.9 Å². The summed E-state index contributed by atoms with van der Waals surface area (Å²) in [5.41, 5.74) is 5.43. The number of hydrogen-bond acceptors (Lipinski definition) is 7. The standard InChI is InChI=1S/C23H27N3O5S2/c1-14-10-16(3)18(11-15(14)2)19-13-32-23(25-19)26-22(27)17-6-7-20(31-5)21(12-17)33(28,29)24-8-9-30-4/h6-7,10-13,24H,8-9H2,1-5H3,(H,25,26,27). The van der Waals surface area contributed by atoms with Crippen LogP contribution in [0, 0.1) is 20.8 Å². The second-order valence-electron chi connectivity index (χ2n) is 7.50. The number of rotatable bonds is 9. The lowest BCUT2D eigenvalue weighted by Gasteiger charge is -2.12. The molecule has 10 heteroatoms. The predicted octanol–water partition coefficient (Wildman–Crippen LogP) is 3.92. The first-order chi connectivity index (χ1) is 15.7. The van der Waals surface area contributed by atoms with Crippen molar-refractivity contribution in [1.29, 1.82) is 0 Å². The van der Waals surface area contributed by atoms with Crippen molar-refractivity contribution in [2.75, 3.05) is 32.7 Å². The number of amides is 1. The molecule has 0 spiro atoms. The molecule has 2 N–H and O–H groups in total. The summed E-state index contributed by atoms with van der Waals surface area (Å²) in [4.78, 5) is 17.3. The summed E-state index contributed by atoms with van der Waals surface area (Å²) >= 11 is 1.30. The molecule has 3 rings (SSSR count). The maximum Gasteiger partial charge on any atom is 0.257 e. The highest BCUT2D eigenvalue weighted by molar-refractivity contribution is 7.89. The van der Waals surface area contributed by atoms with Gasteiger partial charge in [0.25, 0.3) is 5.91 Å². The summed E-state index contributed by atoms with van der Waals surface area (Å²) in [6.07, 6.45) is 0. The average Bonchev–Trinajstić information content (AvgIpc) is 3.24. The second-order valence-corrected chi connectivity index (χ2v) is 10.1. The molecule has 8 nitrogen and oxygen atoms in total. The molecule has 0 unspecified atom stereocenters. The lowest BCUT2D eigenvalue weighted by Crippen LogP contribution is -2.28. The van der Waals surface area contributed by atoms with Crippen LogP contribution in [0.15, 0.2) is 40.6 Å². The number of aryl methyl sites for hydroxylation is 3. The number of anilines is 1. The maximum absolute atomic E-state index is 12.8. The summed E-state index contributed by atoms with van der Waals surface area (Å²) in [6.45, 7) is 6.45. The number of ether oxygens (including phenoxy) is 2. The molecular weight excluding hydrogens is 462 g/mol. The van der Waals surface area contributed by atoms with E-state index in [1.807, 2.05) is 19.2 Å². The van der Waals surface area contributed by atoms with Gasteiger partial charge in [-0.3, -0.25) is 10.1 Å². The van der Waals surface area contributed by atoms with Crippen LogP contribution in [0.3, 0.4) is 0 Å². The number of hydrogen-bond donors (Lipinski definition) is 2. The fraction of sp³-hybridized carbons (Fsp3) is 0.304. The lowest BCUT2D eigenvalue weighted by atomic mass is 9.99. The summed E-state index contributed by atoms with van der Waals surface area (Å²) in [5, 5.41) is 5.06. The molecule has 0 aliphatic rings. The second kappa shape index (κ2) is 10.4. The summed E-state index contributed by atoms with van der Waals surface area (Å²) < 4.78 is 37.8. The van der Waals surface area contributed by atoms with Gasteiger partial charge in [-0.2, -0.15) is 0 Å². The minimum atomic E-state index is -3.90. The number of carbonyl (C=O) groups excluding carboxylic acids is 1. The first kappa shape index (κ1) is 24.8. The summed E-state index contributed by atoms with van der Waals surface area (Å²) in [7, 11) is -1.05. The van der Waals surface area contributed by atoms with Gasteiger partial charge in [-0.15, -0.1) is 11.3 Å². The van der Waals surface area contributed by atoms with Crippen molar-refractivity contribution in [2.24, 2.45) is 0 Å². The molecule has 2 aromatic carbocycles. The van der Waals surface area contributed by atoms with E-state index >= 15 is 0 Å². The Morgan fingerprint density at radius 2 is 1.79 bits per heavy atom. The Balaban J connectivity index is 1.83. The third-order valence-corrected chi connectivity index (χ3v) is 7.39. The molecule has 0 atom stereocenters. The molecule has 0 bridgehead atoms. The Kier molecular flexibility index (Phi) is 7.85. The number of aromatic nitrogens is 1. The van der Waals surface area contributed by atoms with Crippen LogP contribution in [0.1, 0.15) is 27.0 Å². The average molecular weight is 490 g/mol. The van der Waals surface area contributed by atoms with Crippen LogP contribution < -0.4 is 14.8 Å². The van der Waals surface area contributed by atoms with E-state index in [-0.39, 0.29) is 29.4 Å². The van der Waals surface area contributed by atoms with Crippen LogP contribution in [0.2, 0.25) is 0 Å². The largest absolute Gasteiger partial charge is 0.495 e. The van der Waals surface area contributed by atoms with E-state index in [1.165, 1.54) is 54.9 Å². The molecular formula is C23H27N3O5S2. The molecule has 0 radical (unpaired) electrons. The zero-order chi connectivity index (χ0) is 24.2. The quantitative estimate of drug-likeness (QED) is 0.441. The van der Waals surface area contributed by atoms with Gasteiger partial charge in [-0.05, 0) is 61.7 Å². The zero-order valence-electron chi connectivity index (χ0n) is 19.2. The van der Waals surface area contributed by atoms with Crippen molar-refractivity contribution in [1.82, 2.24) is 9.71 Å². The molecule has 0 fully saturated rings. The first-order valence-electron chi connectivity index (χ1n) is 10.2. The molecule has 0 aliphatic carbocycles. The van der Waals surface area contributed by atoms with E-state index in [0.29, 0.717) is 5.13 Å². The number of methoxy groups -OCH3 is 2. The van der Waals surface area contributed by atoms with Gasteiger partial charge < -0.3 is 9.47 Å². The van der Waals surface area contributed by atoms with E-state index in [0.717, 1.165) is 16.8 Å². The number of nitrogens with zero attached hydrogens (tertiary/aromatic N) is 1. The normalized spacial score (nSPS) is 11.4. The Morgan fingerprint density at radius 1 is 1.06 bits per heavy atom. The highest BCUT2D eigenvalue weighted by Crippen LogP contribution is 2.30. The highest BCUT2D eigenvalue weighted by atomic mass is 32.2. The highest BCUT2D eigenvalue weighted by Gasteiger charge is 2.22. The Bertz CT molecular complexity index is 1270. The van der Waals surface area contributed by atoms with Gasteiger partial charge in [0.1, 0.15) is 10.6 Å². The zero-order valence-corrected chi connectivity index (χ0v) is 20.8. The number of carbonyl (C=O) groups is 1. The third-order valence-electron chi connectivity index (χ3n) is 5.15. The smallest absolute Gasteiger partial charge is 0.257 e. The molecule has 0 aliphatic heterocycles. The third kappa shape index (κ3) is 5.77. The summed E-state index contributed by atoms with van der Waals surface area (Å²) in [6, 6.07) is 8.44. The minimum absolute atomic E-state index is 0.0954. The number of benzene rings is 2. The topological polar surface area (TPSA) is 107 Å². The van der Waals surface area contributed by atoms with Crippen molar-refractivity contribution in [3.05, 3.63) is 58.0 Å². The molecule has 1 amide bonds. The van der Waals surface area contributed by atoms with E-state index in [4.69, 9.17) is 9.47 Å². The van der Waals surface area contributed by atoms with Crippen LogP contribution in [0.4, 0.5) is 5.13 Å². The Labute approximate surface area is 198 Å². The summed E-state index contributed by atoms with van der Waals surface area (Å²) in [5.74, 6) is -0.332. The predicted molar refractivity (Wildman–Crippen MR) is 130 cm³/mol. The molecule has 176 valence electrons. The fourth-order valence-corrected chi connectivity index (χ4v) is 5.16. The molecule has 33 heavy (non-hydrogen) atoms. The Hall–Kier alpha value is -2.79. The molecule has 1 aromatic heterocycles. The first-order valence-corrected chi connectivity index (χ1v) is 12.5. The van der Waals surface area contributed by atoms with Crippen LogP contribution in [-0.2, 0) is 14.8 Å². The maximum atomic E-state index is 12.8. The number of sulfonamides is 1. The van der Waals surface area contributed by atoms with E-state index in [1.54, 1.807) is 0 Å². The van der Waals surface area contributed by atoms with Gasteiger partial charge in [-0.25, -0.2) is 18.1 Å². The van der Waals surface area contributed by atoms with Crippen LogP contribution in [-0.4, -0.2) is 46.7 Å². The molecule has 0 saturated heterocycles. The van der Waals surface area contributed by atoms with E-state index in [9.17, 15) is 13.2 Å².